The van der Waals surface area contributed by atoms with Crippen LogP contribution in [0.3, 0.4) is 0 Å². The average Bonchev–Trinajstić information content (AvgIpc) is 2.71. The van der Waals surface area contributed by atoms with Crippen LogP contribution in [0.25, 0.3) is 0 Å². The van der Waals surface area contributed by atoms with Crippen LogP contribution in [0.2, 0.25) is 0 Å². The largest absolute Gasteiger partial charge is 0.497 e. The molecule has 0 aliphatic carbocycles. The zero-order valence-corrected chi connectivity index (χ0v) is 15.7. The Kier molecular flexibility index (Phi) is 6.91. The van der Waals surface area contributed by atoms with E-state index in [0.717, 1.165) is 6.07 Å². The number of ether oxygens (including phenoxy) is 3. The third kappa shape index (κ3) is 4.76. The maximum Gasteiger partial charge on any atom is 0.338 e. The number of anilines is 1. The molecule has 0 heterocycles. The lowest BCUT2D eigenvalue weighted by Crippen LogP contribution is -2.15. The Morgan fingerprint density at radius 2 is 1.86 bits per heavy atom. The Balaban J connectivity index is 2.15. The van der Waals surface area contributed by atoms with Crippen LogP contribution >= 0.6 is 0 Å². The quantitative estimate of drug-likeness (QED) is 0.301. The van der Waals surface area contributed by atoms with Crippen LogP contribution in [-0.2, 0) is 4.74 Å². The van der Waals surface area contributed by atoms with E-state index in [-0.39, 0.29) is 16.8 Å². The summed E-state index contributed by atoms with van der Waals surface area (Å²) in [6, 6.07) is 8.60. The van der Waals surface area contributed by atoms with Crippen LogP contribution in [-0.4, -0.2) is 44.0 Å². The molecule has 0 fully saturated rings. The van der Waals surface area contributed by atoms with Gasteiger partial charge in [-0.2, -0.15) is 0 Å². The van der Waals surface area contributed by atoms with Crippen molar-refractivity contribution in [2.24, 2.45) is 0 Å². The number of rotatable bonds is 9. The first-order valence-corrected chi connectivity index (χ1v) is 8.35. The maximum absolute atomic E-state index is 12.4. The molecule has 0 amide bonds. The predicted octanol–water partition coefficient (Wildman–Crippen LogP) is 3.08. The smallest absolute Gasteiger partial charge is 0.338 e. The molecule has 0 unspecified atom stereocenters. The van der Waals surface area contributed by atoms with Crippen molar-refractivity contribution in [3.8, 4) is 11.5 Å². The molecule has 0 spiro atoms. The molecule has 1 N–H and O–H groups in total. The normalized spacial score (nSPS) is 10.1. The van der Waals surface area contributed by atoms with E-state index in [2.05, 4.69) is 5.32 Å². The van der Waals surface area contributed by atoms with E-state index in [0.29, 0.717) is 23.7 Å². The number of nitro groups is 1. The molecule has 0 aliphatic heterocycles. The molecule has 0 aromatic heterocycles. The van der Waals surface area contributed by atoms with Gasteiger partial charge in [0.2, 0.25) is 5.78 Å². The van der Waals surface area contributed by atoms with Crippen molar-refractivity contribution in [2.75, 3.05) is 32.7 Å². The summed E-state index contributed by atoms with van der Waals surface area (Å²) in [5.74, 6) is -0.582. The molecule has 2 aromatic rings. The first-order valence-electron chi connectivity index (χ1n) is 8.35. The molecule has 2 aromatic carbocycles. The van der Waals surface area contributed by atoms with Gasteiger partial charge >= 0.3 is 5.97 Å². The molecule has 9 heteroatoms. The first kappa shape index (κ1) is 20.7. The summed E-state index contributed by atoms with van der Waals surface area (Å²) in [6.07, 6.45) is 0. The van der Waals surface area contributed by atoms with Crippen molar-refractivity contribution < 1.29 is 28.7 Å². The molecule has 148 valence electrons. The van der Waals surface area contributed by atoms with E-state index in [1.54, 1.807) is 19.1 Å². The van der Waals surface area contributed by atoms with Crippen LogP contribution in [0.4, 0.5) is 11.4 Å². The average molecular weight is 388 g/mol. The minimum atomic E-state index is -0.846. The summed E-state index contributed by atoms with van der Waals surface area (Å²) in [4.78, 5) is 35.2. The molecule has 0 saturated carbocycles. The van der Waals surface area contributed by atoms with Gasteiger partial charge in [0.1, 0.15) is 17.2 Å². The topological polar surface area (TPSA) is 117 Å². The van der Waals surface area contributed by atoms with Crippen molar-refractivity contribution in [1.82, 2.24) is 0 Å². The zero-order chi connectivity index (χ0) is 20.7. The van der Waals surface area contributed by atoms with Gasteiger partial charge in [-0.05, 0) is 37.3 Å². The van der Waals surface area contributed by atoms with Crippen LogP contribution in [0.1, 0.15) is 27.6 Å². The number of Topliss-reactive ketones (excluding diaryl/α,β-unsaturated/α-hetero) is 1. The van der Waals surface area contributed by atoms with Crippen molar-refractivity contribution in [1.29, 1.82) is 0 Å². The highest BCUT2D eigenvalue weighted by atomic mass is 16.6. The Hall–Kier alpha value is -3.62. The number of ketones is 1. The van der Waals surface area contributed by atoms with E-state index < -0.39 is 23.3 Å². The van der Waals surface area contributed by atoms with Crippen LogP contribution in [0.5, 0.6) is 11.5 Å². The Bertz CT molecular complexity index is 896. The van der Waals surface area contributed by atoms with Gasteiger partial charge < -0.3 is 19.5 Å². The number of nitrogens with zero attached hydrogens (tertiary/aromatic N) is 1. The van der Waals surface area contributed by atoms with E-state index in [9.17, 15) is 19.7 Å². The highest BCUT2D eigenvalue weighted by Gasteiger charge is 2.20. The molecule has 2 rings (SSSR count). The molecule has 0 bridgehead atoms. The van der Waals surface area contributed by atoms with Gasteiger partial charge in [0.25, 0.3) is 5.69 Å². The SMILES string of the molecule is CCNc1ccc(C(=O)OCC(=O)c2cc(OC)ccc2OC)cc1[N+](=O)[O-]. The van der Waals surface area contributed by atoms with E-state index in [1.165, 1.54) is 32.4 Å². The van der Waals surface area contributed by atoms with Gasteiger partial charge in [-0.3, -0.25) is 14.9 Å². The number of nitro benzene ring substituents is 1. The van der Waals surface area contributed by atoms with Crippen LogP contribution < -0.4 is 14.8 Å². The van der Waals surface area contributed by atoms with E-state index in [4.69, 9.17) is 14.2 Å². The minimum Gasteiger partial charge on any atom is -0.497 e. The molecule has 0 radical (unpaired) electrons. The number of methoxy groups -OCH3 is 2. The molecular weight excluding hydrogens is 368 g/mol. The second-order valence-electron chi connectivity index (χ2n) is 5.58. The maximum atomic E-state index is 12.4. The van der Waals surface area contributed by atoms with Crippen molar-refractivity contribution in [3.63, 3.8) is 0 Å². The lowest BCUT2D eigenvalue weighted by atomic mass is 10.1. The molecule has 9 nitrogen and oxygen atoms in total. The van der Waals surface area contributed by atoms with E-state index >= 15 is 0 Å². The molecular formula is C19H20N2O7. The Morgan fingerprint density at radius 3 is 2.46 bits per heavy atom. The standard InChI is InChI=1S/C19H20N2O7/c1-4-20-15-7-5-12(9-16(15)21(24)25)19(23)28-11-17(22)14-10-13(26-2)6-8-18(14)27-3/h5-10,20H,4,11H2,1-3H3. The predicted molar refractivity (Wildman–Crippen MR) is 101 cm³/mol. The number of nitrogens with one attached hydrogen (secondary N) is 1. The van der Waals surface area contributed by atoms with Gasteiger partial charge in [-0.1, -0.05) is 0 Å². The Morgan fingerprint density at radius 1 is 1.11 bits per heavy atom. The summed E-state index contributed by atoms with van der Waals surface area (Å²) < 4.78 is 15.2. The van der Waals surface area contributed by atoms with Gasteiger partial charge in [0.05, 0.1) is 30.3 Å². The third-order valence-corrected chi connectivity index (χ3v) is 3.84. The zero-order valence-electron chi connectivity index (χ0n) is 15.7. The number of hydrogen-bond donors (Lipinski definition) is 1. The van der Waals surface area contributed by atoms with Gasteiger partial charge in [0.15, 0.2) is 6.61 Å². The number of esters is 1. The first-order chi connectivity index (χ1) is 13.4. The highest BCUT2D eigenvalue weighted by molar-refractivity contribution is 6.01. The summed E-state index contributed by atoms with van der Waals surface area (Å²) in [5.41, 5.74) is 0.209. The fourth-order valence-corrected chi connectivity index (χ4v) is 2.47. The second-order valence-corrected chi connectivity index (χ2v) is 5.58. The third-order valence-electron chi connectivity index (χ3n) is 3.84. The van der Waals surface area contributed by atoms with E-state index in [1.807, 2.05) is 0 Å². The fourth-order valence-electron chi connectivity index (χ4n) is 2.47. The van der Waals surface area contributed by atoms with Crippen LogP contribution in [0.15, 0.2) is 36.4 Å². The summed E-state index contributed by atoms with van der Waals surface area (Å²) >= 11 is 0. The molecule has 0 aliphatic rings. The number of carbonyl (C=O) groups is 2. The number of carbonyl (C=O) groups excluding carboxylic acids is 2. The monoisotopic (exact) mass is 388 g/mol. The molecule has 0 saturated heterocycles. The van der Waals surface area contributed by atoms with Crippen LogP contribution in [0, 0.1) is 10.1 Å². The summed E-state index contributed by atoms with van der Waals surface area (Å²) in [7, 11) is 2.87. The van der Waals surface area contributed by atoms with Crippen molar-refractivity contribution in [2.45, 2.75) is 6.92 Å². The highest BCUT2D eigenvalue weighted by Crippen LogP contribution is 2.27. The lowest BCUT2D eigenvalue weighted by molar-refractivity contribution is -0.384. The van der Waals surface area contributed by atoms with Crippen molar-refractivity contribution >= 4 is 23.1 Å². The van der Waals surface area contributed by atoms with Gasteiger partial charge in [-0.25, -0.2) is 4.79 Å². The minimum absolute atomic E-state index is 0.0289. The number of hydrogen-bond acceptors (Lipinski definition) is 8. The lowest BCUT2D eigenvalue weighted by Gasteiger charge is -2.10. The second kappa shape index (κ2) is 9.36. The van der Waals surface area contributed by atoms with Gasteiger partial charge in [-0.15, -0.1) is 0 Å². The molecule has 28 heavy (non-hydrogen) atoms. The van der Waals surface area contributed by atoms with Gasteiger partial charge in [0, 0.05) is 12.6 Å². The summed E-state index contributed by atoms with van der Waals surface area (Å²) in [5, 5.41) is 14.0. The number of benzene rings is 2. The van der Waals surface area contributed by atoms with Crippen molar-refractivity contribution in [3.05, 3.63) is 57.6 Å². The summed E-state index contributed by atoms with van der Waals surface area (Å²) in [6.45, 7) is 1.73. The molecule has 0 atom stereocenters. The Labute approximate surface area is 161 Å². The fraction of sp³-hybridized carbons (Fsp3) is 0.263.